The number of rotatable bonds is 8. The smallest absolute Gasteiger partial charge is 0.252 e. The van der Waals surface area contributed by atoms with Crippen LogP contribution in [0.25, 0.3) is 22.6 Å². The standard InChI is InChI=1S/C22H20N4O4S/c1-3-29-18-7-5-4-6-16(18)21-25-20(30-26-21)13-31-22-23-17(12-19(27)24-22)14-8-10-15(28-2)11-9-14/h4-12H,3,13H2,1-2H3,(H,23,24,27). The molecule has 2 aromatic carbocycles. The van der Waals surface area contributed by atoms with Gasteiger partial charge in [-0.05, 0) is 43.3 Å². The predicted molar refractivity (Wildman–Crippen MR) is 117 cm³/mol. The number of methoxy groups -OCH3 is 1. The van der Waals surface area contributed by atoms with Crippen LogP contribution in [0.3, 0.4) is 0 Å². The van der Waals surface area contributed by atoms with Crippen LogP contribution in [-0.2, 0) is 5.75 Å². The monoisotopic (exact) mass is 436 g/mol. The molecule has 0 spiro atoms. The number of thioether (sulfide) groups is 1. The zero-order valence-corrected chi connectivity index (χ0v) is 17.8. The molecule has 31 heavy (non-hydrogen) atoms. The van der Waals surface area contributed by atoms with Gasteiger partial charge in [-0.15, -0.1) is 0 Å². The molecule has 0 atom stereocenters. The number of hydrogen-bond acceptors (Lipinski definition) is 8. The van der Waals surface area contributed by atoms with Crippen LogP contribution < -0.4 is 15.0 Å². The molecule has 158 valence electrons. The van der Waals surface area contributed by atoms with Gasteiger partial charge in [0.15, 0.2) is 5.16 Å². The molecule has 0 fully saturated rings. The lowest BCUT2D eigenvalue weighted by Gasteiger charge is -2.06. The molecule has 2 heterocycles. The van der Waals surface area contributed by atoms with Crippen LogP contribution in [0.1, 0.15) is 12.8 Å². The maximum atomic E-state index is 12.1. The summed E-state index contributed by atoms with van der Waals surface area (Å²) >= 11 is 1.31. The predicted octanol–water partition coefficient (Wildman–Crippen LogP) is 4.19. The number of H-pyrrole nitrogens is 1. The summed E-state index contributed by atoms with van der Waals surface area (Å²) in [5.41, 5.74) is 1.92. The molecule has 2 aromatic heterocycles. The molecule has 8 nitrogen and oxygen atoms in total. The van der Waals surface area contributed by atoms with E-state index in [9.17, 15) is 4.79 Å². The van der Waals surface area contributed by atoms with Crippen LogP contribution in [0.2, 0.25) is 0 Å². The molecular weight excluding hydrogens is 416 g/mol. The minimum absolute atomic E-state index is 0.236. The topological polar surface area (TPSA) is 103 Å². The number of benzene rings is 2. The van der Waals surface area contributed by atoms with E-state index in [-0.39, 0.29) is 5.56 Å². The van der Waals surface area contributed by atoms with Crippen molar-refractivity contribution in [1.29, 1.82) is 0 Å². The van der Waals surface area contributed by atoms with E-state index in [1.165, 1.54) is 17.8 Å². The first-order valence-electron chi connectivity index (χ1n) is 9.59. The summed E-state index contributed by atoms with van der Waals surface area (Å²) in [4.78, 5) is 23.8. The molecule has 0 aliphatic carbocycles. The third-order valence-electron chi connectivity index (χ3n) is 4.33. The summed E-state index contributed by atoms with van der Waals surface area (Å²) in [5.74, 6) is 2.67. The van der Waals surface area contributed by atoms with Crippen molar-refractivity contribution in [2.75, 3.05) is 13.7 Å². The van der Waals surface area contributed by atoms with E-state index < -0.39 is 0 Å². The highest BCUT2D eigenvalue weighted by Gasteiger charge is 2.14. The average Bonchev–Trinajstić information content (AvgIpc) is 3.27. The molecule has 0 saturated carbocycles. The highest BCUT2D eigenvalue weighted by atomic mass is 32.2. The third kappa shape index (κ3) is 4.95. The lowest BCUT2D eigenvalue weighted by atomic mass is 10.1. The molecule has 1 N–H and O–H groups in total. The Hall–Kier alpha value is -3.59. The summed E-state index contributed by atoms with van der Waals surface area (Å²) in [7, 11) is 1.60. The SMILES string of the molecule is CCOc1ccccc1-c1noc(CSc2nc(-c3ccc(OC)cc3)cc(=O)[nH]2)n1. The Bertz CT molecular complexity index is 1220. The van der Waals surface area contributed by atoms with Crippen LogP contribution in [-0.4, -0.2) is 33.8 Å². The lowest BCUT2D eigenvalue weighted by Crippen LogP contribution is -2.08. The van der Waals surface area contributed by atoms with Crippen molar-refractivity contribution in [2.24, 2.45) is 0 Å². The maximum absolute atomic E-state index is 12.1. The van der Waals surface area contributed by atoms with Crippen molar-refractivity contribution in [1.82, 2.24) is 20.1 Å². The molecule has 0 radical (unpaired) electrons. The molecule has 0 aliphatic rings. The molecule has 4 aromatic rings. The number of aromatic amines is 1. The second-order valence-corrected chi connectivity index (χ2v) is 7.36. The second kappa shape index (κ2) is 9.48. The Morgan fingerprint density at radius 2 is 1.90 bits per heavy atom. The van der Waals surface area contributed by atoms with Gasteiger partial charge < -0.3 is 19.0 Å². The summed E-state index contributed by atoms with van der Waals surface area (Å²) < 4.78 is 16.2. The third-order valence-corrected chi connectivity index (χ3v) is 5.19. The van der Waals surface area contributed by atoms with Crippen LogP contribution in [0.5, 0.6) is 11.5 Å². The Morgan fingerprint density at radius 3 is 2.68 bits per heavy atom. The summed E-state index contributed by atoms with van der Waals surface area (Å²) in [6, 6.07) is 16.3. The van der Waals surface area contributed by atoms with Gasteiger partial charge in [-0.1, -0.05) is 29.1 Å². The zero-order chi connectivity index (χ0) is 21.6. The fraction of sp³-hybridized carbons (Fsp3) is 0.182. The van der Waals surface area contributed by atoms with Crippen molar-refractivity contribution in [2.45, 2.75) is 17.8 Å². The number of aromatic nitrogens is 4. The first kappa shape index (κ1) is 20.7. The Labute approximate surface area is 182 Å². The minimum atomic E-state index is -0.236. The fourth-order valence-corrected chi connectivity index (χ4v) is 3.61. The van der Waals surface area contributed by atoms with Gasteiger partial charge in [-0.25, -0.2) is 4.98 Å². The Kier molecular flexibility index (Phi) is 6.32. The second-order valence-electron chi connectivity index (χ2n) is 6.39. The molecule has 9 heteroatoms. The first-order chi connectivity index (χ1) is 15.2. The van der Waals surface area contributed by atoms with Crippen LogP contribution in [0, 0.1) is 0 Å². The quantitative estimate of drug-likeness (QED) is 0.324. The van der Waals surface area contributed by atoms with Crippen LogP contribution in [0.15, 0.2) is 69.1 Å². The molecule has 4 rings (SSSR count). The summed E-state index contributed by atoms with van der Waals surface area (Å²) in [6.07, 6.45) is 0. The fourth-order valence-electron chi connectivity index (χ4n) is 2.90. The largest absolute Gasteiger partial charge is 0.497 e. The van der Waals surface area contributed by atoms with E-state index in [0.29, 0.717) is 40.7 Å². The van der Waals surface area contributed by atoms with E-state index in [2.05, 4.69) is 20.1 Å². The highest BCUT2D eigenvalue weighted by molar-refractivity contribution is 7.98. The van der Waals surface area contributed by atoms with Gasteiger partial charge in [-0.2, -0.15) is 4.98 Å². The number of nitrogens with zero attached hydrogens (tertiary/aromatic N) is 3. The zero-order valence-electron chi connectivity index (χ0n) is 17.0. The highest BCUT2D eigenvalue weighted by Crippen LogP contribution is 2.29. The summed E-state index contributed by atoms with van der Waals surface area (Å²) in [5, 5.41) is 4.52. The van der Waals surface area contributed by atoms with E-state index in [1.54, 1.807) is 7.11 Å². The van der Waals surface area contributed by atoms with Crippen LogP contribution in [0.4, 0.5) is 0 Å². The van der Waals surface area contributed by atoms with Gasteiger partial charge in [0.25, 0.3) is 5.56 Å². The molecule has 0 unspecified atom stereocenters. The van der Waals surface area contributed by atoms with Gasteiger partial charge >= 0.3 is 0 Å². The van der Waals surface area contributed by atoms with E-state index >= 15 is 0 Å². The molecule has 0 bridgehead atoms. The van der Waals surface area contributed by atoms with Gasteiger partial charge in [0, 0.05) is 11.6 Å². The number of ether oxygens (including phenoxy) is 2. The van der Waals surface area contributed by atoms with Gasteiger partial charge in [0.2, 0.25) is 11.7 Å². The first-order valence-corrected chi connectivity index (χ1v) is 10.6. The average molecular weight is 436 g/mol. The van der Waals surface area contributed by atoms with Crippen molar-refractivity contribution < 1.29 is 14.0 Å². The molecule has 0 saturated heterocycles. The molecule has 0 amide bonds. The molecule has 0 aliphatic heterocycles. The van der Waals surface area contributed by atoms with Gasteiger partial charge in [-0.3, -0.25) is 4.79 Å². The molecular formula is C22H20N4O4S. The Morgan fingerprint density at radius 1 is 1.10 bits per heavy atom. The van der Waals surface area contributed by atoms with Crippen molar-refractivity contribution >= 4 is 11.8 Å². The van der Waals surface area contributed by atoms with Crippen LogP contribution >= 0.6 is 11.8 Å². The van der Waals surface area contributed by atoms with E-state index in [1.807, 2.05) is 55.5 Å². The van der Waals surface area contributed by atoms with Crippen molar-refractivity contribution in [3.8, 4) is 34.1 Å². The van der Waals surface area contributed by atoms with Gasteiger partial charge in [0.1, 0.15) is 11.5 Å². The Balaban J connectivity index is 1.50. The minimum Gasteiger partial charge on any atom is -0.497 e. The van der Waals surface area contributed by atoms with Gasteiger partial charge in [0.05, 0.1) is 30.7 Å². The van der Waals surface area contributed by atoms with Crippen molar-refractivity contribution in [3.05, 3.63) is 70.8 Å². The van der Waals surface area contributed by atoms with E-state index in [0.717, 1.165) is 16.9 Å². The number of hydrogen-bond donors (Lipinski definition) is 1. The summed E-state index contributed by atoms with van der Waals surface area (Å²) in [6.45, 7) is 2.46. The van der Waals surface area contributed by atoms with Crippen molar-refractivity contribution in [3.63, 3.8) is 0 Å². The number of nitrogens with one attached hydrogen (secondary N) is 1. The number of para-hydroxylation sites is 1. The van der Waals surface area contributed by atoms with E-state index in [4.69, 9.17) is 14.0 Å². The normalized spacial score (nSPS) is 10.8. The lowest BCUT2D eigenvalue weighted by molar-refractivity contribution is 0.341. The maximum Gasteiger partial charge on any atom is 0.252 e.